The molecule has 0 aromatic heterocycles. The summed E-state index contributed by atoms with van der Waals surface area (Å²) >= 11 is 0. The zero-order chi connectivity index (χ0) is 10.2. The minimum absolute atomic E-state index is 0. The molecule has 2 N–H and O–H groups in total. The quantitative estimate of drug-likeness (QED) is 0.849. The summed E-state index contributed by atoms with van der Waals surface area (Å²) in [6.45, 7) is 0. The lowest BCUT2D eigenvalue weighted by Crippen LogP contribution is -2.43. The van der Waals surface area contributed by atoms with Crippen molar-refractivity contribution in [1.29, 1.82) is 0 Å². The van der Waals surface area contributed by atoms with Crippen molar-refractivity contribution in [2.24, 2.45) is 5.73 Å². The van der Waals surface area contributed by atoms with Gasteiger partial charge in [-0.05, 0) is 37.0 Å². The van der Waals surface area contributed by atoms with E-state index < -0.39 is 0 Å². The summed E-state index contributed by atoms with van der Waals surface area (Å²) in [5.41, 5.74) is 6.66. The Morgan fingerprint density at radius 3 is 2.47 bits per heavy atom. The minimum Gasteiger partial charge on any atom is -0.494 e. The fourth-order valence-corrected chi connectivity index (χ4v) is 1.82. The molecule has 1 aromatic carbocycles. The molecule has 0 spiro atoms. The Morgan fingerprint density at radius 2 is 2.07 bits per heavy atom. The molecule has 0 heterocycles. The predicted octanol–water partition coefficient (Wildman–Crippen LogP) is 2.59. The van der Waals surface area contributed by atoms with Crippen molar-refractivity contribution in [1.82, 2.24) is 0 Å². The van der Waals surface area contributed by atoms with Gasteiger partial charge in [0.2, 0.25) is 0 Å². The van der Waals surface area contributed by atoms with Gasteiger partial charge < -0.3 is 10.5 Å². The molecule has 1 fully saturated rings. The van der Waals surface area contributed by atoms with Crippen LogP contribution in [0, 0.1) is 5.82 Å². The van der Waals surface area contributed by atoms with Gasteiger partial charge in [-0.25, -0.2) is 4.39 Å². The zero-order valence-electron chi connectivity index (χ0n) is 8.63. The molecule has 1 aliphatic rings. The van der Waals surface area contributed by atoms with Gasteiger partial charge in [-0.2, -0.15) is 0 Å². The van der Waals surface area contributed by atoms with E-state index in [-0.39, 0.29) is 29.5 Å². The lowest BCUT2D eigenvalue weighted by molar-refractivity contribution is 0.252. The van der Waals surface area contributed by atoms with E-state index in [9.17, 15) is 4.39 Å². The SMILES string of the molecule is COc1ccc(C2(N)CCC2)cc1F.Cl. The van der Waals surface area contributed by atoms with Crippen molar-refractivity contribution in [3.05, 3.63) is 29.6 Å². The van der Waals surface area contributed by atoms with Gasteiger partial charge in [0.1, 0.15) is 0 Å². The Balaban J connectivity index is 0.00000112. The van der Waals surface area contributed by atoms with Crippen LogP contribution in [0.5, 0.6) is 5.75 Å². The molecule has 0 radical (unpaired) electrons. The van der Waals surface area contributed by atoms with Gasteiger partial charge in [0.25, 0.3) is 0 Å². The number of hydrogen-bond acceptors (Lipinski definition) is 2. The summed E-state index contributed by atoms with van der Waals surface area (Å²) in [5, 5.41) is 0. The molecule has 0 atom stereocenters. The topological polar surface area (TPSA) is 35.2 Å². The van der Waals surface area contributed by atoms with Crippen molar-refractivity contribution in [2.75, 3.05) is 7.11 Å². The third-order valence-electron chi connectivity index (χ3n) is 2.97. The molecule has 1 aliphatic carbocycles. The first-order chi connectivity index (χ1) is 6.65. The summed E-state index contributed by atoms with van der Waals surface area (Å²) in [4.78, 5) is 0. The smallest absolute Gasteiger partial charge is 0.165 e. The second-order valence-electron chi connectivity index (χ2n) is 3.86. The van der Waals surface area contributed by atoms with E-state index in [1.54, 1.807) is 6.07 Å². The summed E-state index contributed by atoms with van der Waals surface area (Å²) < 4.78 is 18.2. The Bertz CT molecular complexity index is 352. The maximum absolute atomic E-state index is 13.4. The van der Waals surface area contributed by atoms with Crippen LogP contribution in [0.2, 0.25) is 0 Å². The highest BCUT2D eigenvalue weighted by Gasteiger charge is 2.34. The molecule has 2 rings (SSSR count). The van der Waals surface area contributed by atoms with Crippen LogP contribution in [-0.2, 0) is 5.54 Å². The van der Waals surface area contributed by atoms with E-state index >= 15 is 0 Å². The molecular formula is C11H15ClFNO. The maximum atomic E-state index is 13.4. The summed E-state index contributed by atoms with van der Waals surface area (Å²) in [7, 11) is 1.46. The second kappa shape index (κ2) is 4.37. The largest absolute Gasteiger partial charge is 0.494 e. The van der Waals surface area contributed by atoms with E-state index in [0.29, 0.717) is 0 Å². The maximum Gasteiger partial charge on any atom is 0.165 e. The molecule has 0 bridgehead atoms. The van der Waals surface area contributed by atoms with Crippen LogP contribution in [0.15, 0.2) is 18.2 Å². The predicted molar refractivity (Wildman–Crippen MR) is 59.9 cm³/mol. The molecule has 0 aliphatic heterocycles. The van der Waals surface area contributed by atoms with Crippen LogP contribution >= 0.6 is 12.4 Å². The zero-order valence-corrected chi connectivity index (χ0v) is 9.44. The molecule has 4 heteroatoms. The van der Waals surface area contributed by atoms with Gasteiger partial charge in [-0.3, -0.25) is 0 Å². The molecule has 0 saturated heterocycles. The Labute approximate surface area is 95.0 Å². The van der Waals surface area contributed by atoms with Crippen LogP contribution in [0.4, 0.5) is 4.39 Å². The normalized spacial score (nSPS) is 17.5. The lowest BCUT2D eigenvalue weighted by atomic mass is 9.73. The van der Waals surface area contributed by atoms with Gasteiger partial charge in [0, 0.05) is 5.54 Å². The van der Waals surface area contributed by atoms with Crippen molar-refractivity contribution in [2.45, 2.75) is 24.8 Å². The fourth-order valence-electron chi connectivity index (χ4n) is 1.82. The van der Waals surface area contributed by atoms with Crippen molar-refractivity contribution in [3.63, 3.8) is 0 Å². The third-order valence-corrected chi connectivity index (χ3v) is 2.97. The van der Waals surface area contributed by atoms with Gasteiger partial charge >= 0.3 is 0 Å². The van der Waals surface area contributed by atoms with Crippen LogP contribution in [0.1, 0.15) is 24.8 Å². The number of nitrogens with two attached hydrogens (primary N) is 1. The number of methoxy groups -OCH3 is 1. The van der Waals surface area contributed by atoms with Crippen molar-refractivity contribution >= 4 is 12.4 Å². The monoisotopic (exact) mass is 231 g/mol. The molecule has 1 aromatic rings. The Kier molecular flexibility index (Phi) is 3.58. The standard InChI is InChI=1S/C11H14FNO.ClH/c1-14-10-4-3-8(7-9(10)12)11(13)5-2-6-11;/h3-4,7H,2,5-6,13H2,1H3;1H. The highest BCUT2D eigenvalue weighted by molar-refractivity contribution is 5.85. The molecular weight excluding hydrogens is 217 g/mol. The number of rotatable bonds is 2. The molecule has 84 valence electrons. The number of ether oxygens (including phenoxy) is 1. The number of benzene rings is 1. The van der Waals surface area contributed by atoms with Crippen LogP contribution in [0.25, 0.3) is 0 Å². The van der Waals surface area contributed by atoms with Gasteiger partial charge in [-0.15, -0.1) is 12.4 Å². The first-order valence-electron chi connectivity index (χ1n) is 4.79. The van der Waals surface area contributed by atoms with Crippen LogP contribution in [0.3, 0.4) is 0 Å². The van der Waals surface area contributed by atoms with Gasteiger partial charge in [-0.1, -0.05) is 6.07 Å². The third kappa shape index (κ3) is 2.08. The Morgan fingerprint density at radius 1 is 1.40 bits per heavy atom. The van der Waals surface area contributed by atoms with E-state index in [2.05, 4.69) is 0 Å². The van der Waals surface area contributed by atoms with E-state index in [1.807, 2.05) is 6.07 Å². The highest BCUT2D eigenvalue weighted by atomic mass is 35.5. The molecule has 0 unspecified atom stereocenters. The van der Waals surface area contributed by atoms with E-state index in [4.69, 9.17) is 10.5 Å². The molecule has 1 saturated carbocycles. The first-order valence-corrected chi connectivity index (χ1v) is 4.79. The Hall–Kier alpha value is -0.800. The second-order valence-corrected chi connectivity index (χ2v) is 3.86. The lowest BCUT2D eigenvalue weighted by Gasteiger charge is -2.38. The number of halogens is 2. The molecule has 0 amide bonds. The average molecular weight is 232 g/mol. The number of hydrogen-bond donors (Lipinski definition) is 1. The summed E-state index contributed by atoms with van der Waals surface area (Å²) in [5.74, 6) is -0.0570. The molecule has 15 heavy (non-hydrogen) atoms. The van der Waals surface area contributed by atoms with Crippen molar-refractivity contribution in [3.8, 4) is 5.75 Å². The van der Waals surface area contributed by atoms with Crippen molar-refractivity contribution < 1.29 is 9.13 Å². The van der Waals surface area contributed by atoms with Gasteiger partial charge in [0.05, 0.1) is 7.11 Å². The average Bonchev–Trinajstić information content (AvgIpc) is 2.14. The summed E-state index contributed by atoms with van der Waals surface area (Å²) in [6.07, 6.45) is 3.02. The first kappa shape index (κ1) is 12.3. The minimum atomic E-state index is -0.332. The van der Waals surface area contributed by atoms with E-state index in [0.717, 1.165) is 24.8 Å². The van der Waals surface area contributed by atoms with Crippen LogP contribution < -0.4 is 10.5 Å². The highest BCUT2D eigenvalue weighted by Crippen LogP contribution is 2.39. The summed E-state index contributed by atoms with van der Waals surface area (Å²) in [6, 6.07) is 4.97. The molecule has 2 nitrogen and oxygen atoms in total. The van der Waals surface area contributed by atoms with Crippen LogP contribution in [-0.4, -0.2) is 7.11 Å². The van der Waals surface area contributed by atoms with E-state index in [1.165, 1.54) is 13.2 Å². The fraction of sp³-hybridized carbons (Fsp3) is 0.455. The van der Waals surface area contributed by atoms with Gasteiger partial charge in [0.15, 0.2) is 11.6 Å².